The molecule has 0 unspecified atom stereocenters. The number of nitrogens with zero attached hydrogens (tertiary/aromatic N) is 2. The molecule has 1 saturated carbocycles. The number of carbonyl (C=O) groups is 1. The van der Waals surface area contributed by atoms with Crippen LogP contribution in [0.5, 0.6) is 0 Å². The Hall–Kier alpha value is -1.31. The molecule has 1 spiro atoms. The largest absolute Gasteiger partial charge is 0.444 e. The number of rotatable bonds is 0. The first-order chi connectivity index (χ1) is 7.67. The highest BCUT2D eigenvalue weighted by molar-refractivity contribution is 5.69. The molecule has 1 saturated heterocycles. The molecule has 1 amide bonds. The number of amides is 1. The molecule has 4 nitrogen and oxygen atoms in total. The van der Waals surface area contributed by atoms with Gasteiger partial charge in [0.2, 0.25) is 0 Å². The Morgan fingerprint density at radius 3 is 2.35 bits per heavy atom. The van der Waals surface area contributed by atoms with Gasteiger partial charge in [0, 0.05) is 31.3 Å². The summed E-state index contributed by atoms with van der Waals surface area (Å²) < 4.78 is 18.7. The molecule has 17 heavy (non-hydrogen) atoms. The fraction of sp³-hybridized carbons (Fsp3) is 0.833. The summed E-state index contributed by atoms with van der Waals surface area (Å²) in [4.78, 5) is 13.2. The van der Waals surface area contributed by atoms with Gasteiger partial charge in [-0.2, -0.15) is 5.26 Å². The van der Waals surface area contributed by atoms with Gasteiger partial charge in [-0.15, -0.1) is 0 Å². The van der Waals surface area contributed by atoms with Gasteiger partial charge < -0.3 is 9.64 Å². The van der Waals surface area contributed by atoms with E-state index in [2.05, 4.69) is 0 Å². The molecule has 0 atom stereocenters. The lowest BCUT2D eigenvalue weighted by atomic mass is 9.56. The third-order valence-electron chi connectivity index (χ3n) is 3.22. The number of hydrogen-bond donors (Lipinski definition) is 0. The second-order valence-electron chi connectivity index (χ2n) is 6.27. The van der Waals surface area contributed by atoms with Gasteiger partial charge in [-0.05, 0) is 20.8 Å². The van der Waals surface area contributed by atoms with Crippen LogP contribution in [0.15, 0.2) is 0 Å². The van der Waals surface area contributed by atoms with Gasteiger partial charge in [0.15, 0.2) is 5.67 Å². The highest BCUT2D eigenvalue weighted by atomic mass is 19.1. The van der Waals surface area contributed by atoms with Crippen LogP contribution >= 0.6 is 0 Å². The molecule has 5 heteroatoms. The van der Waals surface area contributed by atoms with E-state index >= 15 is 0 Å². The number of ether oxygens (including phenoxy) is 1. The molecular weight excluding hydrogens is 223 g/mol. The molecule has 1 heterocycles. The van der Waals surface area contributed by atoms with Crippen LogP contribution in [-0.2, 0) is 4.74 Å². The Labute approximate surface area is 100 Å². The minimum atomic E-state index is -1.67. The third-order valence-corrected chi connectivity index (χ3v) is 3.22. The van der Waals surface area contributed by atoms with E-state index in [-0.39, 0.29) is 24.3 Å². The number of nitriles is 1. The molecule has 0 aromatic carbocycles. The van der Waals surface area contributed by atoms with Gasteiger partial charge >= 0.3 is 6.09 Å². The Bertz CT molecular complexity index is 380. The lowest BCUT2D eigenvalue weighted by Gasteiger charge is -2.58. The van der Waals surface area contributed by atoms with Crippen LogP contribution in [0.25, 0.3) is 0 Å². The first kappa shape index (κ1) is 12.2. The highest BCUT2D eigenvalue weighted by Crippen LogP contribution is 2.55. The van der Waals surface area contributed by atoms with Crippen molar-refractivity contribution in [2.24, 2.45) is 5.41 Å². The fourth-order valence-corrected chi connectivity index (χ4v) is 2.66. The number of likely N-dealkylation sites (tertiary alicyclic amines) is 1. The van der Waals surface area contributed by atoms with Crippen molar-refractivity contribution in [2.75, 3.05) is 13.1 Å². The summed E-state index contributed by atoms with van der Waals surface area (Å²) in [6.07, 6.45) is 0.141. The first-order valence-corrected chi connectivity index (χ1v) is 5.75. The maximum Gasteiger partial charge on any atom is 0.410 e. The van der Waals surface area contributed by atoms with Crippen molar-refractivity contribution in [1.29, 1.82) is 5.26 Å². The molecule has 1 aliphatic carbocycles. The van der Waals surface area contributed by atoms with Crippen molar-refractivity contribution in [2.45, 2.75) is 44.9 Å². The minimum Gasteiger partial charge on any atom is -0.444 e. The monoisotopic (exact) mass is 240 g/mol. The fourth-order valence-electron chi connectivity index (χ4n) is 2.66. The van der Waals surface area contributed by atoms with Crippen LogP contribution in [0, 0.1) is 16.7 Å². The van der Waals surface area contributed by atoms with E-state index in [0.717, 1.165) is 0 Å². The van der Waals surface area contributed by atoms with Crippen LogP contribution in [0.4, 0.5) is 9.18 Å². The van der Waals surface area contributed by atoms with Crippen LogP contribution in [0.2, 0.25) is 0 Å². The average molecular weight is 240 g/mol. The summed E-state index contributed by atoms with van der Waals surface area (Å²) >= 11 is 0. The Morgan fingerprint density at radius 2 is 1.94 bits per heavy atom. The van der Waals surface area contributed by atoms with Crippen molar-refractivity contribution in [3.05, 3.63) is 0 Å². The molecule has 2 rings (SSSR count). The van der Waals surface area contributed by atoms with Gasteiger partial charge in [0.1, 0.15) is 11.7 Å². The Morgan fingerprint density at radius 1 is 1.41 bits per heavy atom. The predicted octanol–water partition coefficient (Wildman–Crippen LogP) is 2.25. The Kier molecular flexibility index (Phi) is 2.39. The van der Waals surface area contributed by atoms with Gasteiger partial charge in [-0.25, -0.2) is 9.18 Å². The van der Waals surface area contributed by atoms with E-state index in [4.69, 9.17) is 10.00 Å². The smallest absolute Gasteiger partial charge is 0.410 e. The summed E-state index contributed by atoms with van der Waals surface area (Å²) in [6.45, 7) is 6.45. The van der Waals surface area contributed by atoms with Crippen molar-refractivity contribution >= 4 is 6.09 Å². The normalized spacial score (nSPS) is 24.5. The second kappa shape index (κ2) is 3.34. The van der Waals surface area contributed by atoms with Crippen LogP contribution in [0.1, 0.15) is 33.6 Å². The van der Waals surface area contributed by atoms with Crippen LogP contribution in [0.3, 0.4) is 0 Å². The molecule has 0 aromatic rings. The van der Waals surface area contributed by atoms with Gasteiger partial charge in [0.05, 0.1) is 0 Å². The highest BCUT2D eigenvalue weighted by Gasteiger charge is 2.62. The maximum absolute atomic E-state index is 13.5. The van der Waals surface area contributed by atoms with Crippen molar-refractivity contribution < 1.29 is 13.9 Å². The summed E-state index contributed by atoms with van der Waals surface area (Å²) in [7, 11) is 0. The lowest BCUT2D eigenvalue weighted by Crippen LogP contribution is -2.67. The van der Waals surface area contributed by atoms with E-state index in [1.165, 1.54) is 0 Å². The predicted molar refractivity (Wildman–Crippen MR) is 58.9 cm³/mol. The van der Waals surface area contributed by atoms with E-state index in [1.54, 1.807) is 11.0 Å². The lowest BCUT2D eigenvalue weighted by molar-refractivity contribution is -0.126. The molecule has 0 radical (unpaired) electrons. The number of alkyl halides is 1. The molecular formula is C12H17FN2O2. The topological polar surface area (TPSA) is 53.3 Å². The van der Waals surface area contributed by atoms with Gasteiger partial charge in [0.25, 0.3) is 0 Å². The maximum atomic E-state index is 13.5. The van der Waals surface area contributed by atoms with E-state index in [1.807, 2.05) is 20.8 Å². The van der Waals surface area contributed by atoms with Crippen molar-refractivity contribution in [3.8, 4) is 6.07 Å². The second-order valence-corrected chi connectivity index (χ2v) is 6.27. The van der Waals surface area contributed by atoms with Crippen LogP contribution < -0.4 is 0 Å². The SMILES string of the molecule is CC(C)(C)OC(=O)N1CC2(C1)CC(F)(C#N)C2. The van der Waals surface area contributed by atoms with E-state index < -0.39 is 11.3 Å². The summed E-state index contributed by atoms with van der Waals surface area (Å²) in [5.41, 5.74) is -2.34. The average Bonchev–Trinajstić information content (AvgIpc) is 2.05. The number of halogens is 1. The number of hydrogen-bond acceptors (Lipinski definition) is 3. The molecule has 0 bridgehead atoms. The molecule has 2 fully saturated rings. The standard InChI is InChI=1S/C12H17FN2O2/c1-10(2,3)17-9(16)15-7-11(8-15)4-12(13,5-11)6-14/h4-5,7-8H2,1-3H3. The van der Waals surface area contributed by atoms with Crippen molar-refractivity contribution in [1.82, 2.24) is 4.90 Å². The molecule has 94 valence electrons. The molecule has 0 N–H and O–H groups in total. The zero-order valence-electron chi connectivity index (χ0n) is 10.4. The third kappa shape index (κ3) is 2.21. The summed E-state index contributed by atoms with van der Waals surface area (Å²) in [6, 6.07) is 1.68. The Balaban J connectivity index is 1.81. The first-order valence-electron chi connectivity index (χ1n) is 5.75. The number of carbonyl (C=O) groups excluding carboxylic acids is 1. The molecule has 0 aromatic heterocycles. The minimum absolute atomic E-state index is 0.165. The summed E-state index contributed by atoms with van der Waals surface area (Å²) in [5, 5.41) is 8.59. The van der Waals surface area contributed by atoms with Gasteiger partial charge in [-0.3, -0.25) is 0 Å². The molecule has 2 aliphatic rings. The zero-order valence-corrected chi connectivity index (χ0v) is 10.4. The quantitative estimate of drug-likeness (QED) is 0.652. The van der Waals surface area contributed by atoms with Crippen LogP contribution in [-0.4, -0.2) is 35.4 Å². The summed E-state index contributed by atoms with van der Waals surface area (Å²) in [5.74, 6) is 0. The molecule has 1 aliphatic heterocycles. The van der Waals surface area contributed by atoms with E-state index in [9.17, 15) is 9.18 Å². The van der Waals surface area contributed by atoms with Gasteiger partial charge in [-0.1, -0.05) is 0 Å². The zero-order chi connectivity index (χ0) is 12.9. The van der Waals surface area contributed by atoms with E-state index in [0.29, 0.717) is 13.1 Å². The van der Waals surface area contributed by atoms with Crippen molar-refractivity contribution in [3.63, 3.8) is 0 Å².